The summed E-state index contributed by atoms with van der Waals surface area (Å²) in [4.78, 5) is 26.1. The molecule has 4 N–H and O–H groups in total. The van der Waals surface area contributed by atoms with Crippen LogP contribution in [-0.2, 0) is 6.54 Å². The zero-order chi connectivity index (χ0) is 18.1. The number of hydrazine groups is 1. The van der Waals surface area contributed by atoms with Crippen LogP contribution in [0.5, 0.6) is 0 Å². The fourth-order valence-electron chi connectivity index (χ4n) is 2.00. The largest absolute Gasteiger partial charge is 0.350 e. The van der Waals surface area contributed by atoms with Crippen LogP contribution in [0.3, 0.4) is 0 Å². The fraction of sp³-hybridized carbons (Fsp3) is 0.294. The van der Waals surface area contributed by atoms with E-state index in [1.165, 1.54) is 6.33 Å². The molecular weight excluding hydrogens is 318 g/mol. The average Bonchev–Trinajstić information content (AvgIpc) is 3.09. The maximum absolute atomic E-state index is 11.6. The highest BCUT2D eigenvalue weighted by molar-refractivity contribution is 5.94. The van der Waals surface area contributed by atoms with Gasteiger partial charge in [0.1, 0.15) is 11.8 Å². The molecule has 132 valence electrons. The molecule has 0 radical (unpaired) electrons. The molecule has 0 aliphatic carbocycles. The summed E-state index contributed by atoms with van der Waals surface area (Å²) in [5.41, 5.74) is 9.26. The molecule has 0 saturated carbocycles. The number of nitrogens with zero attached hydrogens (tertiary/aromatic N) is 3. The van der Waals surface area contributed by atoms with E-state index in [9.17, 15) is 4.79 Å². The first-order valence-electron chi connectivity index (χ1n) is 7.98. The van der Waals surface area contributed by atoms with Gasteiger partial charge in [0.15, 0.2) is 5.65 Å². The van der Waals surface area contributed by atoms with Gasteiger partial charge in [0.05, 0.1) is 12.5 Å². The molecule has 3 aromatic rings. The zero-order valence-corrected chi connectivity index (χ0v) is 14.6. The van der Waals surface area contributed by atoms with Crippen LogP contribution >= 0.6 is 0 Å². The van der Waals surface area contributed by atoms with Gasteiger partial charge in [-0.15, -0.1) is 0 Å². The Bertz CT molecular complexity index is 753. The number of rotatable bonds is 5. The van der Waals surface area contributed by atoms with Crippen molar-refractivity contribution >= 4 is 17.1 Å². The van der Waals surface area contributed by atoms with E-state index in [0.717, 1.165) is 17.6 Å². The summed E-state index contributed by atoms with van der Waals surface area (Å²) in [7, 11) is 1.82. The van der Waals surface area contributed by atoms with E-state index in [2.05, 4.69) is 36.1 Å². The second kappa shape index (κ2) is 9.45. The van der Waals surface area contributed by atoms with Crippen molar-refractivity contribution in [2.45, 2.75) is 26.4 Å². The van der Waals surface area contributed by atoms with Gasteiger partial charge in [-0.25, -0.2) is 15.0 Å². The van der Waals surface area contributed by atoms with Crippen LogP contribution in [0.4, 0.5) is 0 Å². The summed E-state index contributed by atoms with van der Waals surface area (Å²) in [6.45, 7) is 4.63. The first-order chi connectivity index (χ1) is 12.1. The number of carbonyl (C=O) groups is 1. The van der Waals surface area contributed by atoms with Gasteiger partial charge in [0.25, 0.3) is 5.91 Å². The van der Waals surface area contributed by atoms with Gasteiger partial charge in [-0.2, -0.15) is 0 Å². The van der Waals surface area contributed by atoms with Crippen molar-refractivity contribution in [1.82, 2.24) is 36.1 Å². The number of carbonyl (C=O) groups excluding carboxylic acids is 1. The summed E-state index contributed by atoms with van der Waals surface area (Å²) in [5, 5.41) is 2.85. The summed E-state index contributed by atoms with van der Waals surface area (Å²) in [6.07, 6.45) is 4.76. The normalized spacial score (nSPS) is 10.4. The van der Waals surface area contributed by atoms with E-state index < -0.39 is 0 Å². The molecule has 0 fully saturated rings. The monoisotopic (exact) mass is 341 g/mol. The van der Waals surface area contributed by atoms with Crippen LogP contribution in [0.1, 0.15) is 29.8 Å². The minimum absolute atomic E-state index is 0.0249. The van der Waals surface area contributed by atoms with Crippen LogP contribution < -0.4 is 16.2 Å². The Balaban J connectivity index is 0.000000208. The Hall–Kier alpha value is -2.84. The van der Waals surface area contributed by atoms with Crippen LogP contribution in [-0.4, -0.2) is 38.9 Å². The molecule has 0 saturated heterocycles. The lowest BCUT2D eigenvalue weighted by Crippen LogP contribution is -2.30. The number of fused-ring (bicyclic) bond motifs is 1. The SMILES string of the molecule is CNNCc1ccc(C(=O)NC(C)C)cc1.c1ncc2[nH]cnc2n1. The number of aromatic nitrogens is 4. The maximum atomic E-state index is 11.6. The molecule has 1 aromatic carbocycles. The summed E-state index contributed by atoms with van der Waals surface area (Å²) in [5.74, 6) is -0.0249. The Kier molecular flexibility index (Phi) is 7.00. The quantitative estimate of drug-likeness (QED) is 0.523. The minimum Gasteiger partial charge on any atom is -0.350 e. The molecule has 0 spiro atoms. The van der Waals surface area contributed by atoms with E-state index in [0.29, 0.717) is 11.2 Å². The summed E-state index contributed by atoms with van der Waals surface area (Å²) in [6, 6.07) is 7.73. The van der Waals surface area contributed by atoms with Gasteiger partial charge < -0.3 is 10.3 Å². The molecule has 2 aromatic heterocycles. The third-order valence-corrected chi connectivity index (χ3v) is 3.20. The number of benzene rings is 1. The number of aromatic amines is 1. The van der Waals surface area contributed by atoms with Crippen LogP contribution in [0.25, 0.3) is 11.2 Å². The lowest BCUT2D eigenvalue weighted by molar-refractivity contribution is 0.0943. The molecule has 0 aliphatic rings. The number of amides is 1. The van der Waals surface area contributed by atoms with Gasteiger partial charge in [-0.3, -0.25) is 15.6 Å². The highest BCUT2D eigenvalue weighted by atomic mass is 16.1. The van der Waals surface area contributed by atoms with Crippen LogP contribution in [0, 0.1) is 0 Å². The number of H-pyrrole nitrogens is 1. The molecule has 8 nitrogen and oxygen atoms in total. The minimum atomic E-state index is -0.0249. The first kappa shape index (κ1) is 18.5. The number of hydrogen-bond donors (Lipinski definition) is 4. The second-order valence-corrected chi connectivity index (χ2v) is 5.59. The molecule has 25 heavy (non-hydrogen) atoms. The van der Waals surface area contributed by atoms with Gasteiger partial charge in [-0.05, 0) is 38.6 Å². The van der Waals surface area contributed by atoms with E-state index >= 15 is 0 Å². The predicted octanol–water partition coefficient (Wildman–Crippen LogP) is 1.40. The van der Waals surface area contributed by atoms with Gasteiger partial charge in [0.2, 0.25) is 0 Å². The average molecular weight is 341 g/mol. The Labute approximate surface area is 146 Å². The third-order valence-electron chi connectivity index (χ3n) is 3.20. The lowest BCUT2D eigenvalue weighted by atomic mass is 10.1. The van der Waals surface area contributed by atoms with E-state index in [1.54, 1.807) is 12.5 Å². The molecular formula is C17H23N7O. The van der Waals surface area contributed by atoms with Crippen molar-refractivity contribution in [1.29, 1.82) is 0 Å². The van der Waals surface area contributed by atoms with E-state index in [4.69, 9.17) is 0 Å². The number of hydrogen-bond acceptors (Lipinski definition) is 6. The standard InChI is InChI=1S/C12H19N3O.C5H4N4/c1-9(2)15-12(16)11-6-4-10(5-7-11)8-14-13-3;1-4-5(8-2-6-1)9-3-7-4/h4-7,9,13-14H,8H2,1-3H3,(H,15,16);1-3H,(H,6,7,8,9). The fourth-order valence-corrected chi connectivity index (χ4v) is 2.00. The van der Waals surface area contributed by atoms with Crippen LogP contribution in [0.15, 0.2) is 43.1 Å². The maximum Gasteiger partial charge on any atom is 0.251 e. The molecule has 0 atom stereocenters. The zero-order valence-electron chi connectivity index (χ0n) is 14.6. The van der Waals surface area contributed by atoms with Crippen molar-refractivity contribution in [2.24, 2.45) is 0 Å². The molecule has 3 rings (SSSR count). The Morgan fingerprint density at radius 1 is 1.20 bits per heavy atom. The molecule has 0 bridgehead atoms. The van der Waals surface area contributed by atoms with E-state index in [1.807, 2.05) is 45.2 Å². The molecule has 0 aliphatic heterocycles. The highest BCUT2D eigenvalue weighted by Gasteiger charge is 2.05. The van der Waals surface area contributed by atoms with Crippen molar-refractivity contribution in [3.05, 3.63) is 54.2 Å². The first-order valence-corrected chi connectivity index (χ1v) is 7.98. The van der Waals surface area contributed by atoms with Crippen molar-refractivity contribution in [3.8, 4) is 0 Å². The van der Waals surface area contributed by atoms with Gasteiger partial charge in [0, 0.05) is 18.2 Å². The lowest BCUT2D eigenvalue weighted by Gasteiger charge is -2.09. The molecule has 1 amide bonds. The summed E-state index contributed by atoms with van der Waals surface area (Å²) < 4.78 is 0. The topological polar surface area (TPSA) is 108 Å². The van der Waals surface area contributed by atoms with Crippen LogP contribution in [0.2, 0.25) is 0 Å². The Morgan fingerprint density at radius 2 is 1.96 bits per heavy atom. The molecule has 0 unspecified atom stereocenters. The van der Waals surface area contributed by atoms with Crippen molar-refractivity contribution in [3.63, 3.8) is 0 Å². The van der Waals surface area contributed by atoms with Crippen molar-refractivity contribution in [2.75, 3.05) is 7.05 Å². The smallest absolute Gasteiger partial charge is 0.251 e. The second-order valence-electron chi connectivity index (χ2n) is 5.59. The Morgan fingerprint density at radius 3 is 2.60 bits per heavy atom. The van der Waals surface area contributed by atoms with Gasteiger partial charge in [-0.1, -0.05) is 12.1 Å². The molecule has 8 heteroatoms. The summed E-state index contributed by atoms with van der Waals surface area (Å²) >= 11 is 0. The molecule has 2 heterocycles. The van der Waals surface area contributed by atoms with Gasteiger partial charge >= 0.3 is 0 Å². The van der Waals surface area contributed by atoms with Crippen molar-refractivity contribution < 1.29 is 4.79 Å². The van der Waals surface area contributed by atoms with E-state index in [-0.39, 0.29) is 11.9 Å². The number of imidazole rings is 1. The highest BCUT2D eigenvalue weighted by Crippen LogP contribution is 2.04. The third kappa shape index (κ3) is 5.94. The number of nitrogens with one attached hydrogen (secondary N) is 4. The predicted molar refractivity (Wildman–Crippen MR) is 96.6 cm³/mol.